The van der Waals surface area contributed by atoms with Gasteiger partial charge in [0, 0.05) is 31.1 Å². The van der Waals surface area contributed by atoms with Crippen LogP contribution in [0.25, 0.3) is 0 Å². The van der Waals surface area contributed by atoms with Crippen molar-refractivity contribution < 1.29 is 34.0 Å². The Labute approximate surface area is 189 Å². The normalized spacial score (nSPS) is 34.3. The minimum absolute atomic E-state index is 0.159. The summed E-state index contributed by atoms with van der Waals surface area (Å²) in [5.74, 6) is -1.25. The summed E-state index contributed by atoms with van der Waals surface area (Å²) in [4.78, 5) is 24.9. The van der Waals surface area contributed by atoms with E-state index in [9.17, 15) is 19.8 Å². The molecule has 0 bridgehead atoms. The van der Waals surface area contributed by atoms with Crippen LogP contribution in [0.3, 0.4) is 0 Å². The van der Waals surface area contributed by atoms with E-state index in [1.54, 1.807) is 44.4 Å². The molecule has 6 atom stereocenters. The van der Waals surface area contributed by atoms with Crippen molar-refractivity contribution >= 4 is 11.9 Å². The molecule has 0 radical (unpaired) electrons. The number of ether oxygens (including phenoxy) is 3. The highest BCUT2D eigenvalue weighted by Crippen LogP contribution is 2.59. The molecule has 176 valence electrons. The molecule has 3 rings (SSSR count). The van der Waals surface area contributed by atoms with E-state index in [4.69, 9.17) is 14.2 Å². The number of carbonyl (C=O) groups is 2. The van der Waals surface area contributed by atoms with E-state index >= 15 is 0 Å². The van der Waals surface area contributed by atoms with Gasteiger partial charge in [0.2, 0.25) is 0 Å². The minimum Gasteiger partial charge on any atom is -0.497 e. The monoisotopic (exact) mass is 446 g/mol. The first-order chi connectivity index (χ1) is 14.9. The maximum absolute atomic E-state index is 13.0. The lowest BCUT2D eigenvalue weighted by Crippen LogP contribution is -2.54. The first-order valence-corrected chi connectivity index (χ1v) is 11.0. The molecule has 7 heteroatoms. The summed E-state index contributed by atoms with van der Waals surface area (Å²) < 4.78 is 16.8. The summed E-state index contributed by atoms with van der Waals surface area (Å²) in [5, 5.41) is 23.0. The summed E-state index contributed by atoms with van der Waals surface area (Å²) in [6, 6.07) is 6.61. The number of methoxy groups -OCH3 is 1. The maximum atomic E-state index is 13.0. The van der Waals surface area contributed by atoms with E-state index in [0.29, 0.717) is 17.7 Å². The SMILES string of the molecule is COc1ccc(C(=O)OC2CC(C)=CC(O)C3(C)C(OC(C)=O)CC(O)(C(C)C)C23)cc1. The highest BCUT2D eigenvalue weighted by atomic mass is 16.6. The smallest absolute Gasteiger partial charge is 0.338 e. The fourth-order valence-corrected chi connectivity index (χ4v) is 5.44. The van der Waals surface area contributed by atoms with E-state index < -0.39 is 47.2 Å². The average Bonchev–Trinajstić information content (AvgIpc) is 2.89. The standard InChI is InChI=1S/C25H34O7/c1-14(2)25(29)13-21(31-16(4)26)24(5)20(27)12-15(3)11-19(22(24)25)32-23(28)17-7-9-18(30-6)10-8-17/h7-10,12,14,19-22,27,29H,11,13H2,1-6H3. The molecule has 0 aliphatic heterocycles. The first kappa shape index (κ1) is 24.3. The number of fused-ring (bicyclic) bond motifs is 1. The maximum Gasteiger partial charge on any atom is 0.338 e. The average molecular weight is 447 g/mol. The number of carbonyl (C=O) groups excluding carboxylic acids is 2. The molecule has 0 aromatic heterocycles. The van der Waals surface area contributed by atoms with Crippen LogP contribution < -0.4 is 4.74 Å². The number of esters is 2. The van der Waals surface area contributed by atoms with Crippen LogP contribution >= 0.6 is 0 Å². The van der Waals surface area contributed by atoms with Gasteiger partial charge in [-0.2, -0.15) is 0 Å². The molecule has 0 amide bonds. The molecule has 1 saturated carbocycles. The highest BCUT2D eigenvalue weighted by Gasteiger charge is 2.67. The Bertz CT molecular complexity index is 890. The van der Waals surface area contributed by atoms with Gasteiger partial charge in [-0.25, -0.2) is 4.79 Å². The highest BCUT2D eigenvalue weighted by molar-refractivity contribution is 5.89. The van der Waals surface area contributed by atoms with Crippen molar-refractivity contribution in [1.29, 1.82) is 0 Å². The predicted molar refractivity (Wildman–Crippen MR) is 118 cm³/mol. The van der Waals surface area contributed by atoms with Crippen molar-refractivity contribution in [2.24, 2.45) is 17.3 Å². The Morgan fingerprint density at radius 1 is 1.16 bits per heavy atom. The van der Waals surface area contributed by atoms with Gasteiger partial charge in [0.1, 0.15) is 18.0 Å². The number of hydrogen-bond acceptors (Lipinski definition) is 7. The Kier molecular flexibility index (Phi) is 6.72. The van der Waals surface area contributed by atoms with Crippen molar-refractivity contribution in [2.75, 3.05) is 7.11 Å². The summed E-state index contributed by atoms with van der Waals surface area (Å²) in [7, 11) is 1.55. The van der Waals surface area contributed by atoms with E-state index in [1.807, 2.05) is 20.8 Å². The van der Waals surface area contributed by atoms with Crippen LogP contribution in [0, 0.1) is 17.3 Å². The van der Waals surface area contributed by atoms with Crippen LogP contribution in [0.5, 0.6) is 5.75 Å². The number of rotatable bonds is 5. The molecule has 1 aromatic rings. The third-order valence-corrected chi connectivity index (χ3v) is 7.28. The largest absolute Gasteiger partial charge is 0.497 e. The number of benzene rings is 1. The van der Waals surface area contributed by atoms with Gasteiger partial charge in [0.15, 0.2) is 0 Å². The van der Waals surface area contributed by atoms with Crippen molar-refractivity contribution in [3.05, 3.63) is 41.5 Å². The Morgan fingerprint density at radius 3 is 2.31 bits per heavy atom. The molecule has 2 N–H and O–H groups in total. The van der Waals surface area contributed by atoms with Crippen LogP contribution in [-0.4, -0.2) is 53.2 Å². The lowest BCUT2D eigenvalue weighted by molar-refractivity contribution is -0.161. The third kappa shape index (κ3) is 4.16. The van der Waals surface area contributed by atoms with Gasteiger partial charge in [0.25, 0.3) is 0 Å². The quantitative estimate of drug-likeness (QED) is 0.529. The summed E-state index contributed by atoms with van der Waals surface area (Å²) in [6.45, 7) is 8.75. The molecule has 32 heavy (non-hydrogen) atoms. The first-order valence-electron chi connectivity index (χ1n) is 11.0. The van der Waals surface area contributed by atoms with Crippen LogP contribution in [0.1, 0.15) is 57.8 Å². The molecule has 0 spiro atoms. The Hall–Kier alpha value is -2.38. The molecule has 6 unspecified atom stereocenters. The zero-order valence-corrected chi connectivity index (χ0v) is 19.6. The Balaban J connectivity index is 2.03. The van der Waals surface area contributed by atoms with Gasteiger partial charge < -0.3 is 24.4 Å². The van der Waals surface area contributed by atoms with Crippen LogP contribution in [0.4, 0.5) is 0 Å². The van der Waals surface area contributed by atoms with Gasteiger partial charge >= 0.3 is 11.9 Å². The molecule has 0 heterocycles. The van der Waals surface area contributed by atoms with Crippen molar-refractivity contribution in [1.82, 2.24) is 0 Å². The van der Waals surface area contributed by atoms with Crippen molar-refractivity contribution in [2.45, 2.75) is 71.4 Å². The van der Waals surface area contributed by atoms with E-state index in [0.717, 1.165) is 5.57 Å². The lowest BCUT2D eigenvalue weighted by atomic mass is 9.66. The van der Waals surface area contributed by atoms with Crippen molar-refractivity contribution in [3.63, 3.8) is 0 Å². The van der Waals surface area contributed by atoms with E-state index in [2.05, 4.69) is 0 Å². The van der Waals surface area contributed by atoms with Gasteiger partial charge in [-0.05, 0) is 37.1 Å². The van der Waals surface area contributed by atoms with E-state index in [-0.39, 0.29) is 12.3 Å². The fourth-order valence-electron chi connectivity index (χ4n) is 5.44. The molecular formula is C25H34O7. The summed E-state index contributed by atoms with van der Waals surface area (Å²) in [5.41, 5.74) is -1.14. The predicted octanol–water partition coefficient (Wildman–Crippen LogP) is 3.28. The Morgan fingerprint density at radius 2 is 1.78 bits per heavy atom. The zero-order valence-electron chi connectivity index (χ0n) is 19.6. The second-order valence-corrected chi connectivity index (χ2v) is 9.63. The van der Waals surface area contributed by atoms with Crippen molar-refractivity contribution in [3.8, 4) is 5.75 Å². The van der Waals surface area contributed by atoms with Crippen LogP contribution in [0.2, 0.25) is 0 Å². The summed E-state index contributed by atoms with van der Waals surface area (Å²) >= 11 is 0. The fraction of sp³-hybridized carbons (Fsp3) is 0.600. The summed E-state index contributed by atoms with van der Waals surface area (Å²) in [6.07, 6.45) is -0.175. The molecular weight excluding hydrogens is 412 g/mol. The van der Waals surface area contributed by atoms with Gasteiger partial charge in [-0.15, -0.1) is 0 Å². The molecule has 1 fully saturated rings. The molecule has 2 aliphatic carbocycles. The third-order valence-electron chi connectivity index (χ3n) is 7.28. The molecule has 0 saturated heterocycles. The number of hydrogen-bond donors (Lipinski definition) is 2. The van der Waals surface area contributed by atoms with Crippen LogP contribution in [0.15, 0.2) is 35.9 Å². The van der Waals surface area contributed by atoms with Crippen LogP contribution in [-0.2, 0) is 14.3 Å². The minimum atomic E-state index is -1.31. The second kappa shape index (κ2) is 8.87. The molecule has 1 aromatic carbocycles. The number of aliphatic hydroxyl groups is 2. The number of aliphatic hydroxyl groups excluding tert-OH is 1. The lowest BCUT2D eigenvalue weighted by Gasteiger charge is -2.45. The van der Waals surface area contributed by atoms with Gasteiger partial charge in [-0.3, -0.25) is 4.79 Å². The van der Waals surface area contributed by atoms with Gasteiger partial charge in [0.05, 0.1) is 24.4 Å². The zero-order chi connectivity index (χ0) is 23.8. The molecule has 7 nitrogen and oxygen atoms in total. The molecule has 2 aliphatic rings. The van der Waals surface area contributed by atoms with E-state index in [1.165, 1.54) is 6.92 Å². The topological polar surface area (TPSA) is 102 Å². The second-order valence-electron chi connectivity index (χ2n) is 9.63. The van der Waals surface area contributed by atoms with Gasteiger partial charge in [-0.1, -0.05) is 32.4 Å².